The highest BCUT2D eigenvalue weighted by Gasteiger charge is 2.30. The first-order valence-electron chi connectivity index (χ1n) is 6.81. The van der Waals surface area contributed by atoms with Gasteiger partial charge >= 0.3 is 6.18 Å². The molecule has 0 heterocycles. The number of hydrogen-bond donors (Lipinski definition) is 1. The monoisotopic (exact) mass is 305 g/mol. The van der Waals surface area contributed by atoms with Crippen molar-refractivity contribution in [2.75, 3.05) is 26.8 Å². The molecule has 1 aromatic carbocycles. The Kier molecular flexibility index (Phi) is 6.48. The lowest BCUT2D eigenvalue weighted by atomic mass is 10.1. The number of aliphatic hydroxyl groups excluding tert-OH is 1. The van der Waals surface area contributed by atoms with Crippen LogP contribution in [0.4, 0.5) is 13.2 Å². The van der Waals surface area contributed by atoms with Crippen LogP contribution in [0.5, 0.6) is 5.75 Å². The Balaban J connectivity index is 2.87. The summed E-state index contributed by atoms with van der Waals surface area (Å²) in [6.45, 7) is 3.06. The normalized spacial score (nSPS) is 12.0. The second-order valence-corrected chi connectivity index (χ2v) is 5.17. The Morgan fingerprint density at radius 1 is 1.19 bits per heavy atom. The third kappa shape index (κ3) is 5.93. The number of rotatable bonds is 7. The van der Waals surface area contributed by atoms with Crippen molar-refractivity contribution in [2.45, 2.75) is 33.0 Å². The number of nitrogens with zero attached hydrogens (tertiary/aromatic N) is 1. The first-order chi connectivity index (χ1) is 9.76. The van der Waals surface area contributed by atoms with Crippen LogP contribution in [-0.2, 0) is 6.54 Å². The standard InChI is InChI=1S/C15H22F3NO2/c1-11-7-13(8-12(2)14(11)21-3)9-19(5-4-6-20)10-15(16,17)18/h7-8,20H,4-6,9-10H2,1-3H3. The molecule has 0 aliphatic rings. The van der Waals surface area contributed by atoms with Crippen molar-refractivity contribution >= 4 is 0 Å². The molecule has 0 amide bonds. The minimum Gasteiger partial charge on any atom is -0.496 e. The summed E-state index contributed by atoms with van der Waals surface area (Å²) in [5.41, 5.74) is 2.62. The Morgan fingerprint density at radius 2 is 1.76 bits per heavy atom. The Morgan fingerprint density at radius 3 is 2.19 bits per heavy atom. The maximum atomic E-state index is 12.6. The summed E-state index contributed by atoms with van der Waals surface area (Å²) in [6, 6.07) is 3.68. The van der Waals surface area contributed by atoms with E-state index >= 15 is 0 Å². The van der Waals surface area contributed by atoms with Crippen LogP contribution in [0, 0.1) is 13.8 Å². The second kappa shape index (κ2) is 7.66. The van der Waals surface area contributed by atoms with E-state index in [-0.39, 0.29) is 19.7 Å². The molecular weight excluding hydrogens is 283 g/mol. The van der Waals surface area contributed by atoms with Gasteiger partial charge in [0.25, 0.3) is 0 Å². The molecule has 0 fully saturated rings. The summed E-state index contributed by atoms with van der Waals surface area (Å²) in [5.74, 6) is 0.761. The highest BCUT2D eigenvalue weighted by molar-refractivity contribution is 5.43. The van der Waals surface area contributed by atoms with Crippen LogP contribution in [0.25, 0.3) is 0 Å². The van der Waals surface area contributed by atoms with Gasteiger partial charge in [-0.05, 0) is 37.0 Å². The molecule has 0 aromatic heterocycles. The molecule has 1 rings (SSSR count). The number of aliphatic hydroxyl groups is 1. The van der Waals surface area contributed by atoms with E-state index in [1.54, 1.807) is 7.11 Å². The van der Waals surface area contributed by atoms with E-state index in [1.807, 2.05) is 26.0 Å². The number of benzene rings is 1. The van der Waals surface area contributed by atoms with Crippen LogP contribution in [0.2, 0.25) is 0 Å². The van der Waals surface area contributed by atoms with Gasteiger partial charge < -0.3 is 9.84 Å². The van der Waals surface area contributed by atoms with Gasteiger partial charge in [-0.2, -0.15) is 13.2 Å². The predicted octanol–water partition coefficient (Wildman–Crippen LogP) is 3.06. The van der Waals surface area contributed by atoms with E-state index in [0.717, 1.165) is 22.4 Å². The number of methoxy groups -OCH3 is 1. The third-order valence-electron chi connectivity index (χ3n) is 3.17. The van der Waals surface area contributed by atoms with Gasteiger partial charge in [0.2, 0.25) is 0 Å². The molecular formula is C15H22F3NO2. The summed E-state index contributed by atoms with van der Waals surface area (Å²) in [4.78, 5) is 1.30. The Hall–Kier alpha value is -1.27. The van der Waals surface area contributed by atoms with Gasteiger partial charge in [-0.25, -0.2) is 0 Å². The molecule has 0 unspecified atom stereocenters. The van der Waals surface area contributed by atoms with Gasteiger partial charge in [-0.1, -0.05) is 12.1 Å². The highest BCUT2D eigenvalue weighted by atomic mass is 19.4. The van der Waals surface area contributed by atoms with Crippen molar-refractivity contribution in [3.63, 3.8) is 0 Å². The summed E-state index contributed by atoms with van der Waals surface area (Å²) in [5, 5.41) is 8.81. The SMILES string of the molecule is COc1c(C)cc(CN(CCCO)CC(F)(F)F)cc1C. The lowest BCUT2D eigenvalue weighted by Gasteiger charge is -2.24. The average molecular weight is 305 g/mol. The lowest BCUT2D eigenvalue weighted by Crippen LogP contribution is -2.34. The van der Waals surface area contributed by atoms with Crippen LogP contribution in [0.15, 0.2) is 12.1 Å². The fourth-order valence-corrected chi connectivity index (χ4v) is 2.47. The molecule has 0 bridgehead atoms. The largest absolute Gasteiger partial charge is 0.496 e. The van der Waals surface area contributed by atoms with Crippen molar-refractivity contribution in [3.05, 3.63) is 28.8 Å². The maximum absolute atomic E-state index is 12.6. The molecule has 21 heavy (non-hydrogen) atoms. The van der Waals surface area contributed by atoms with Crippen molar-refractivity contribution in [2.24, 2.45) is 0 Å². The van der Waals surface area contributed by atoms with Gasteiger partial charge in [0.15, 0.2) is 0 Å². The summed E-state index contributed by atoms with van der Waals surface area (Å²) in [6.07, 6.45) is -3.92. The van der Waals surface area contributed by atoms with Crippen molar-refractivity contribution < 1.29 is 23.0 Å². The average Bonchev–Trinajstić information content (AvgIpc) is 2.33. The quantitative estimate of drug-likeness (QED) is 0.840. The molecule has 6 heteroatoms. The van der Waals surface area contributed by atoms with Gasteiger partial charge in [-0.15, -0.1) is 0 Å². The number of hydrogen-bond acceptors (Lipinski definition) is 3. The molecule has 0 atom stereocenters. The zero-order valence-electron chi connectivity index (χ0n) is 12.6. The summed E-state index contributed by atoms with van der Waals surface area (Å²) < 4.78 is 43.0. The zero-order chi connectivity index (χ0) is 16.0. The number of halogens is 3. The van der Waals surface area contributed by atoms with Gasteiger partial charge in [0.1, 0.15) is 5.75 Å². The van der Waals surface area contributed by atoms with E-state index in [9.17, 15) is 13.2 Å². The van der Waals surface area contributed by atoms with Gasteiger partial charge in [0, 0.05) is 19.7 Å². The summed E-state index contributed by atoms with van der Waals surface area (Å²) >= 11 is 0. The number of alkyl halides is 3. The first-order valence-corrected chi connectivity index (χ1v) is 6.81. The van der Waals surface area contributed by atoms with Crippen molar-refractivity contribution in [3.8, 4) is 5.75 Å². The number of ether oxygens (including phenoxy) is 1. The Labute approximate surface area is 123 Å². The van der Waals surface area contributed by atoms with Gasteiger partial charge in [0.05, 0.1) is 13.7 Å². The minimum absolute atomic E-state index is 0.116. The fraction of sp³-hybridized carbons (Fsp3) is 0.600. The molecule has 0 spiro atoms. The fourth-order valence-electron chi connectivity index (χ4n) is 2.47. The van der Waals surface area contributed by atoms with E-state index in [1.165, 1.54) is 4.90 Å². The van der Waals surface area contributed by atoms with Crippen LogP contribution in [0.1, 0.15) is 23.1 Å². The van der Waals surface area contributed by atoms with E-state index in [0.29, 0.717) is 6.42 Å². The molecule has 0 aliphatic heterocycles. The smallest absolute Gasteiger partial charge is 0.401 e. The maximum Gasteiger partial charge on any atom is 0.401 e. The van der Waals surface area contributed by atoms with Gasteiger partial charge in [-0.3, -0.25) is 4.90 Å². The molecule has 1 N–H and O–H groups in total. The molecule has 1 aromatic rings. The van der Waals surface area contributed by atoms with Crippen LogP contribution in [-0.4, -0.2) is 43.0 Å². The van der Waals surface area contributed by atoms with Crippen LogP contribution in [0.3, 0.4) is 0 Å². The second-order valence-electron chi connectivity index (χ2n) is 5.17. The molecule has 120 valence electrons. The first kappa shape index (κ1) is 17.8. The number of aryl methyl sites for hydroxylation is 2. The predicted molar refractivity (Wildman–Crippen MR) is 75.5 cm³/mol. The molecule has 3 nitrogen and oxygen atoms in total. The highest BCUT2D eigenvalue weighted by Crippen LogP contribution is 2.26. The summed E-state index contributed by atoms with van der Waals surface area (Å²) in [7, 11) is 1.58. The van der Waals surface area contributed by atoms with E-state index < -0.39 is 12.7 Å². The third-order valence-corrected chi connectivity index (χ3v) is 3.17. The topological polar surface area (TPSA) is 32.7 Å². The lowest BCUT2D eigenvalue weighted by molar-refractivity contribution is -0.147. The molecule has 0 saturated carbocycles. The van der Waals surface area contributed by atoms with E-state index in [4.69, 9.17) is 9.84 Å². The molecule has 0 aliphatic carbocycles. The van der Waals surface area contributed by atoms with Crippen molar-refractivity contribution in [1.29, 1.82) is 0 Å². The molecule has 0 radical (unpaired) electrons. The minimum atomic E-state index is -4.24. The molecule has 0 saturated heterocycles. The Bertz CT molecular complexity index is 438. The van der Waals surface area contributed by atoms with Crippen molar-refractivity contribution in [1.82, 2.24) is 4.90 Å². The van der Waals surface area contributed by atoms with E-state index in [2.05, 4.69) is 0 Å². The zero-order valence-corrected chi connectivity index (χ0v) is 12.6. The van der Waals surface area contributed by atoms with Crippen LogP contribution < -0.4 is 4.74 Å². The van der Waals surface area contributed by atoms with Crippen LogP contribution >= 0.6 is 0 Å².